The molecule has 3 rings (SSSR count). The van der Waals surface area contributed by atoms with E-state index in [9.17, 15) is 9.59 Å². The smallest absolute Gasteiger partial charge is 0.261 e. The van der Waals surface area contributed by atoms with Gasteiger partial charge in [0.25, 0.3) is 11.8 Å². The molecule has 2 aromatic carbocycles. The average molecular weight is 309 g/mol. The Morgan fingerprint density at radius 3 is 2.30 bits per heavy atom. The zero-order valence-corrected chi connectivity index (χ0v) is 13.1. The lowest BCUT2D eigenvalue weighted by Gasteiger charge is -2.14. The summed E-state index contributed by atoms with van der Waals surface area (Å²) in [6, 6.07) is 14.8. The summed E-state index contributed by atoms with van der Waals surface area (Å²) in [5, 5.41) is 0. The zero-order valence-electron chi connectivity index (χ0n) is 13.1. The average Bonchev–Trinajstić information content (AvgIpc) is 2.81. The molecule has 4 heteroatoms. The van der Waals surface area contributed by atoms with Crippen molar-refractivity contribution in [3.8, 4) is 5.75 Å². The number of hydrogen-bond donors (Lipinski definition) is 0. The van der Waals surface area contributed by atoms with E-state index in [1.165, 1.54) is 10.5 Å². The Kier molecular flexibility index (Phi) is 4.42. The molecule has 23 heavy (non-hydrogen) atoms. The molecule has 118 valence electrons. The van der Waals surface area contributed by atoms with Gasteiger partial charge in [-0.05, 0) is 36.2 Å². The minimum absolute atomic E-state index is 0.242. The number of ether oxygens (including phenoxy) is 1. The number of carbonyl (C=O) groups excluding carboxylic acids is 2. The number of imide groups is 1. The molecule has 0 saturated heterocycles. The molecule has 0 unspecified atom stereocenters. The van der Waals surface area contributed by atoms with Crippen LogP contribution in [0.5, 0.6) is 5.75 Å². The van der Waals surface area contributed by atoms with Crippen molar-refractivity contribution in [3.63, 3.8) is 0 Å². The van der Waals surface area contributed by atoms with E-state index in [1.54, 1.807) is 24.3 Å². The van der Waals surface area contributed by atoms with E-state index in [0.717, 1.165) is 18.6 Å². The van der Waals surface area contributed by atoms with E-state index >= 15 is 0 Å². The van der Waals surface area contributed by atoms with Gasteiger partial charge in [0.1, 0.15) is 12.4 Å². The maximum atomic E-state index is 12.2. The number of hydrogen-bond acceptors (Lipinski definition) is 3. The Labute approximate surface area is 135 Å². The lowest BCUT2D eigenvalue weighted by atomic mass is 10.1. The topological polar surface area (TPSA) is 46.6 Å². The van der Waals surface area contributed by atoms with Crippen LogP contribution in [0.3, 0.4) is 0 Å². The predicted octanol–water partition coefficient (Wildman–Crippen LogP) is 3.31. The second-order valence-electron chi connectivity index (χ2n) is 5.55. The molecule has 1 heterocycles. The minimum atomic E-state index is -0.242. The van der Waals surface area contributed by atoms with Crippen molar-refractivity contribution >= 4 is 11.8 Å². The highest BCUT2D eigenvalue weighted by atomic mass is 16.5. The second-order valence-corrected chi connectivity index (χ2v) is 5.55. The standard InChI is InChI=1S/C19H19NO3/c1-2-6-14-7-5-8-15(13-14)23-12-11-20-18(21)16-9-3-4-10-17(16)19(20)22/h3-5,7-10,13H,2,6,11-12H2,1H3. The van der Waals surface area contributed by atoms with Crippen LogP contribution in [0.2, 0.25) is 0 Å². The Morgan fingerprint density at radius 1 is 0.957 bits per heavy atom. The lowest BCUT2D eigenvalue weighted by molar-refractivity contribution is 0.0631. The summed E-state index contributed by atoms with van der Waals surface area (Å²) >= 11 is 0. The van der Waals surface area contributed by atoms with Crippen molar-refractivity contribution in [1.82, 2.24) is 4.90 Å². The maximum Gasteiger partial charge on any atom is 0.261 e. The van der Waals surface area contributed by atoms with E-state index in [2.05, 4.69) is 13.0 Å². The first-order valence-electron chi connectivity index (χ1n) is 7.87. The number of rotatable bonds is 6. The molecule has 0 saturated carbocycles. The van der Waals surface area contributed by atoms with Crippen LogP contribution in [-0.2, 0) is 6.42 Å². The largest absolute Gasteiger partial charge is 0.492 e. The highest BCUT2D eigenvalue weighted by molar-refractivity contribution is 6.21. The molecule has 1 aliphatic rings. The third-order valence-corrected chi connectivity index (χ3v) is 3.90. The Morgan fingerprint density at radius 2 is 1.65 bits per heavy atom. The molecule has 0 aliphatic carbocycles. The quantitative estimate of drug-likeness (QED) is 0.769. The highest BCUT2D eigenvalue weighted by Crippen LogP contribution is 2.22. The van der Waals surface area contributed by atoms with Gasteiger partial charge in [0.15, 0.2) is 0 Å². The molecule has 4 nitrogen and oxygen atoms in total. The van der Waals surface area contributed by atoms with Gasteiger partial charge in [-0.1, -0.05) is 37.6 Å². The summed E-state index contributed by atoms with van der Waals surface area (Å²) in [7, 11) is 0. The molecule has 2 amide bonds. The van der Waals surface area contributed by atoms with Crippen molar-refractivity contribution in [2.45, 2.75) is 19.8 Å². The summed E-state index contributed by atoms with van der Waals surface area (Å²) in [6.45, 7) is 2.68. The van der Waals surface area contributed by atoms with E-state index in [0.29, 0.717) is 17.7 Å². The molecular weight excluding hydrogens is 290 g/mol. The molecule has 0 bridgehead atoms. The number of nitrogens with zero attached hydrogens (tertiary/aromatic N) is 1. The van der Waals surface area contributed by atoms with E-state index in [-0.39, 0.29) is 18.4 Å². The zero-order chi connectivity index (χ0) is 16.2. The van der Waals surface area contributed by atoms with Gasteiger partial charge in [-0.3, -0.25) is 14.5 Å². The van der Waals surface area contributed by atoms with E-state index in [1.807, 2.05) is 18.2 Å². The molecule has 2 aromatic rings. The highest BCUT2D eigenvalue weighted by Gasteiger charge is 2.34. The van der Waals surface area contributed by atoms with Gasteiger partial charge in [0.2, 0.25) is 0 Å². The number of aryl methyl sites for hydroxylation is 1. The number of fused-ring (bicyclic) bond motifs is 1. The van der Waals surface area contributed by atoms with Gasteiger partial charge in [-0.15, -0.1) is 0 Å². The van der Waals surface area contributed by atoms with Crippen molar-refractivity contribution in [1.29, 1.82) is 0 Å². The van der Waals surface area contributed by atoms with Crippen molar-refractivity contribution < 1.29 is 14.3 Å². The number of amides is 2. The van der Waals surface area contributed by atoms with E-state index < -0.39 is 0 Å². The van der Waals surface area contributed by atoms with Crippen LogP contribution in [0, 0.1) is 0 Å². The van der Waals surface area contributed by atoms with Crippen molar-refractivity contribution in [2.75, 3.05) is 13.2 Å². The van der Waals surface area contributed by atoms with Crippen LogP contribution in [0.4, 0.5) is 0 Å². The van der Waals surface area contributed by atoms with Gasteiger partial charge in [0, 0.05) is 0 Å². The monoisotopic (exact) mass is 309 g/mol. The maximum absolute atomic E-state index is 12.2. The molecule has 0 spiro atoms. The molecular formula is C19H19NO3. The molecule has 0 fully saturated rings. The first-order chi connectivity index (χ1) is 11.2. The van der Waals surface area contributed by atoms with Crippen LogP contribution in [0.15, 0.2) is 48.5 Å². The second kappa shape index (κ2) is 6.65. The summed E-state index contributed by atoms with van der Waals surface area (Å²) in [4.78, 5) is 25.7. The third kappa shape index (κ3) is 3.11. The van der Waals surface area contributed by atoms with Gasteiger partial charge < -0.3 is 4.74 Å². The molecule has 0 N–H and O–H groups in total. The fourth-order valence-corrected chi connectivity index (χ4v) is 2.78. The van der Waals surface area contributed by atoms with Crippen molar-refractivity contribution in [2.24, 2.45) is 0 Å². The molecule has 0 atom stereocenters. The lowest BCUT2D eigenvalue weighted by Crippen LogP contribution is -2.33. The number of benzene rings is 2. The predicted molar refractivity (Wildman–Crippen MR) is 87.7 cm³/mol. The Hall–Kier alpha value is -2.62. The number of carbonyl (C=O) groups is 2. The van der Waals surface area contributed by atoms with Crippen LogP contribution in [0.1, 0.15) is 39.6 Å². The van der Waals surface area contributed by atoms with Gasteiger partial charge >= 0.3 is 0 Å². The fraction of sp³-hybridized carbons (Fsp3) is 0.263. The van der Waals surface area contributed by atoms with Crippen molar-refractivity contribution in [3.05, 3.63) is 65.2 Å². The summed E-state index contributed by atoms with van der Waals surface area (Å²) in [5.41, 5.74) is 2.18. The molecule has 0 aromatic heterocycles. The minimum Gasteiger partial charge on any atom is -0.492 e. The summed E-state index contributed by atoms with van der Waals surface area (Å²) < 4.78 is 5.70. The van der Waals surface area contributed by atoms with Crippen LogP contribution in [0.25, 0.3) is 0 Å². The van der Waals surface area contributed by atoms with Crippen LogP contribution < -0.4 is 4.74 Å². The fourth-order valence-electron chi connectivity index (χ4n) is 2.78. The van der Waals surface area contributed by atoms with Gasteiger partial charge in [-0.25, -0.2) is 0 Å². The summed E-state index contributed by atoms with van der Waals surface area (Å²) in [6.07, 6.45) is 2.09. The Balaban J connectivity index is 1.61. The van der Waals surface area contributed by atoms with Gasteiger partial charge in [-0.2, -0.15) is 0 Å². The normalized spacial score (nSPS) is 13.3. The molecule has 1 aliphatic heterocycles. The van der Waals surface area contributed by atoms with Gasteiger partial charge in [0.05, 0.1) is 17.7 Å². The first kappa shape index (κ1) is 15.3. The first-order valence-corrected chi connectivity index (χ1v) is 7.87. The molecule has 0 radical (unpaired) electrons. The van der Waals surface area contributed by atoms with Crippen LogP contribution >= 0.6 is 0 Å². The van der Waals surface area contributed by atoms with Crippen LogP contribution in [-0.4, -0.2) is 29.9 Å². The van der Waals surface area contributed by atoms with E-state index in [4.69, 9.17) is 4.74 Å². The Bertz CT molecular complexity index is 704. The third-order valence-electron chi connectivity index (χ3n) is 3.90. The SMILES string of the molecule is CCCc1cccc(OCCN2C(=O)c3ccccc3C2=O)c1. The summed E-state index contributed by atoms with van der Waals surface area (Å²) in [5.74, 6) is 0.287.